The molecule has 0 amide bonds. The molecule has 0 bridgehead atoms. The van der Waals surface area contributed by atoms with Gasteiger partial charge in [-0.2, -0.15) is 5.26 Å². The molecule has 0 spiro atoms. The predicted molar refractivity (Wildman–Crippen MR) is 125 cm³/mol. The summed E-state index contributed by atoms with van der Waals surface area (Å²) in [6.07, 6.45) is 8.94. The molecule has 0 saturated heterocycles. The largest absolute Gasteiger partial charge is 0.424 e. The van der Waals surface area contributed by atoms with E-state index in [2.05, 4.69) is 51.1 Å². The molecule has 0 atom stereocenters. The molecule has 164 valence electrons. The number of rotatable bonds is 8. The Hall–Kier alpha value is -2.60. The van der Waals surface area contributed by atoms with Crippen molar-refractivity contribution in [2.75, 3.05) is 0 Å². The van der Waals surface area contributed by atoms with E-state index in [-0.39, 0.29) is 5.97 Å². The highest BCUT2D eigenvalue weighted by Crippen LogP contribution is 2.41. The number of hydrogen-bond acceptors (Lipinski definition) is 3. The van der Waals surface area contributed by atoms with Crippen molar-refractivity contribution in [1.29, 1.82) is 5.26 Å². The first-order valence-corrected chi connectivity index (χ1v) is 11.8. The summed E-state index contributed by atoms with van der Waals surface area (Å²) in [5.41, 5.74) is 3.28. The van der Waals surface area contributed by atoms with Gasteiger partial charge in [-0.25, -0.2) is 0 Å². The molecule has 1 fully saturated rings. The normalized spacial score (nSPS) is 15.5. The molecule has 1 saturated carbocycles. The summed E-state index contributed by atoms with van der Waals surface area (Å²) < 4.78 is 5.93. The first kappa shape index (κ1) is 23.1. The van der Waals surface area contributed by atoms with Gasteiger partial charge in [-0.1, -0.05) is 76.8 Å². The van der Waals surface area contributed by atoms with Crippen LogP contribution in [0.25, 0.3) is 0 Å². The van der Waals surface area contributed by atoms with Crippen LogP contribution in [-0.2, 0) is 23.1 Å². The van der Waals surface area contributed by atoms with Gasteiger partial charge in [0.25, 0.3) is 0 Å². The summed E-state index contributed by atoms with van der Waals surface area (Å²) in [5, 5.41) is 9.66. The van der Waals surface area contributed by atoms with Crippen LogP contribution in [0.15, 0.2) is 42.5 Å². The molecular weight excluding hydrogens is 382 g/mol. The van der Waals surface area contributed by atoms with E-state index >= 15 is 0 Å². The van der Waals surface area contributed by atoms with Crippen LogP contribution in [0.1, 0.15) is 88.0 Å². The highest BCUT2D eigenvalue weighted by molar-refractivity contribution is 5.85. The van der Waals surface area contributed by atoms with E-state index < -0.39 is 5.41 Å². The van der Waals surface area contributed by atoms with E-state index in [0.717, 1.165) is 68.9 Å². The Kier molecular flexibility index (Phi) is 7.91. The van der Waals surface area contributed by atoms with Crippen LogP contribution in [0.2, 0.25) is 0 Å². The lowest BCUT2D eigenvalue weighted by molar-refractivity contribution is -0.142. The van der Waals surface area contributed by atoms with Crippen LogP contribution in [0.3, 0.4) is 0 Å². The summed E-state index contributed by atoms with van der Waals surface area (Å²) in [5.74, 6) is 0.771. The average molecular weight is 418 g/mol. The smallest absolute Gasteiger partial charge is 0.321 e. The quantitative estimate of drug-likeness (QED) is 0.346. The molecule has 1 aliphatic carbocycles. The van der Waals surface area contributed by atoms with Crippen molar-refractivity contribution in [2.24, 2.45) is 5.92 Å². The van der Waals surface area contributed by atoms with Crippen molar-refractivity contribution in [1.82, 2.24) is 0 Å². The number of hydrogen-bond donors (Lipinski definition) is 0. The van der Waals surface area contributed by atoms with Gasteiger partial charge in [-0.3, -0.25) is 4.79 Å². The molecule has 31 heavy (non-hydrogen) atoms. The molecule has 2 aromatic carbocycles. The second kappa shape index (κ2) is 10.6. The predicted octanol–water partition coefficient (Wildman–Crippen LogP) is 6.91. The van der Waals surface area contributed by atoms with Crippen LogP contribution in [0, 0.1) is 17.2 Å². The van der Waals surface area contributed by atoms with Crippen molar-refractivity contribution in [3.05, 3.63) is 64.7 Å². The second-order valence-corrected chi connectivity index (χ2v) is 9.35. The summed E-state index contributed by atoms with van der Waals surface area (Å²) in [7, 11) is 0. The summed E-state index contributed by atoms with van der Waals surface area (Å²) in [6, 6.07) is 16.4. The van der Waals surface area contributed by atoms with E-state index in [1.54, 1.807) is 6.07 Å². The molecule has 0 aliphatic heterocycles. The van der Waals surface area contributed by atoms with Crippen molar-refractivity contribution in [3.8, 4) is 11.8 Å². The van der Waals surface area contributed by atoms with Crippen molar-refractivity contribution in [2.45, 2.75) is 84.0 Å². The number of ether oxygens (including phenoxy) is 1. The van der Waals surface area contributed by atoms with Gasteiger partial charge in [0.1, 0.15) is 11.8 Å². The van der Waals surface area contributed by atoms with Gasteiger partial charge in [0.15, 0.2) is 0 Å². The maximum Gasteiger partial charge on any atom is 0.321 e. The molecule has 1 aliphatic rings. The molecule has 0 heterocycles. The molecule has 0 radical (unpaired) electrons. The fourth-order valence-corrected chi connectivity index (χ4v) is 4.61. The molecule has 3 nitrogen and oxygen atoms in total. The van der Waals surface area contributed by atoms with Gasteiger partial charge in [0.2, 0.25) is 0 Å². The van der Waals surface area contributed by atoms with Gasteiger partial charge in [-0.15, -0.1) is 0 Å². The molecule has 0 N–H and O–H groups in total. The number of nitrogens with zero attached hydrogens (tertiary/aromatic N) is 1. The average Bonchev–Trinajstić information content (AvgIpc) is 2.79. The van der Waals surface area contributed by atoms with Gasteiger partial charge in [-0.05, 0) is 66.8 Å². The van der Waals surface area contributed by atoms with Crippen molar-refractivity contribution >= 4 is 5.97 Å². The molecule has 3 rings (SSSR count). The topological polar surface area (TPSA) is 50.1 Å². The monoisotopic (exact) mass is 417 g/mol. The SMILES string of the molecule is CCCc1ccc(C2(C(=O)Oc3ccc(CCC(C)C)cc3C#N)CCCCC2)cc1. The van der Waals surface area contributed by atoms with Crippen LogP contribution in [0.4, 0.5) is 0 Å². The third-order valence-electron chi connectivity index (χ3n) is 6.52. The van der Waals surface area contributed by atoms with E-state index in [9.17, 15) is 10.1 Å². The number of carbonyl (C=O) groups excluding carboxylic acids is 1. The Bertz CT molecular complexity index is 915. The summed E-state index contributed by atoms with van der Waals surface area (Å²) in [4.78, 5) is 13.5. The lowest BCUT2D eigenvalue weighted by atomic mass is 9.69. The summed E-state index contributed by atoms with van der Waals surface area (Å²) >= 11 is 0. The van der Waals surface area contributed by atoms with Crippen LogP contribution in [-0.4, -0.2) is 5.97 Å². The van der Waals surface area contributed by atoms with Crippen LogP contribution < -0.4 is 4.74 Å². The number of carbonyl (C=O) groups is 1. The minimum absolute atomic E-state index is 0.220. The first-order valence-electron chi connectivity index (χ1n) is 11.8. The minimum Gasteiger partial charge on any atom is -0.424 e. The highest BCUT2D eigenvalue weighted by atomic mass is 16.5. The second-order valence-electron chi connectivity index (χ2n) is 9.35. The van der Waals surface area contributed by atoms with E-state index in [4.69, 9.17) is 4.74 Å². The van der Waals surface area contributed by atoms with E-state index in [1.165, 1.54) is 5.56 Å². The minimum atomic E-state index is -0.619. The standard InChI is InChI=1S/C28H35NO2/c1-4-8-22-11-14-25(15-12-22)28(17-6-5-7-18-28)27(30)31-26-16-13-23(10-9-21(2)3)19-24(26)20-29/h11-16,19,21H,4-10,17-18H2,1-3H3. The van der Waals surface area contributed by atoms with Gasteiger partial charge in [0, 0.05) is 0 Å². The van der Waals surface area contributed by atoms with Crippen molar-refractivity contribution in [3.63, 3.8) is 0 Å². The maximum absolute atomic E-state index is 13.5. The molecular formula is C28H35NO2. The highest BCUT2D eigenvalue weighted by Gasteiger charge is 2.43. The Labute approximate surface area is 187 Å². The Morgan fingerprint density at radius 3 is 2.32 bits per heavy atom. The third kappa shape index (κ3) is 5.56. The zero-order valence-electron chi connectivity index (χ0n) is 19.2. The zero-order valence-corrected chi connectivity index (χ0v) is 19.2. The number of aryl methyl sites for hydroxylation is 2. The maximum atomic E-state index is 13.5. The number of esters is 1. The van der Waals surface area contributed by atoms with E-state index in [1.807, 2.05) is 12.1 Å². The van der Waals surface area contributed by atoms with Gasteiger partial charge in [0.05, 0.1) is 11.0 Å². The Morgan fingerprint density at radius 2 is 1.71 bits per heavy atom. The molecule has 2 aromatic rings. The molecule has 3 heteroatoms. The Morgan fingerprint density at radius 1 is 1.03 bits per heavy atom. The molecule has 0 aromatic heterocycles. The van der Waals surface area contributed by atoms with Crippen LogP contribution in [0.5, 0.6) is 5.75 Å². The van der Waals surface area contributed by atoms with Gasteiger partial charge >= 0.3 is 5.97 Å². The van der Waals surface area contributed by atoms with E-state index in [0.29, 0.717) is 17.2 Å². The lowest BCUT2D eigenvalue weighted by Gasteiger charge is -2.35. The fourth-order valence-electron chi connectivity index (χ4n) is 4.61. The third-order valence-corrected chi connectivity index (χ3v) is 6.52. The molecule has 0 unspecified atom stereocenters. The summed E-state index contributed by atoms with van der Waals surface area (Å²) in [6.45, 7) is 6.56. The number of nitriles is 1. The number of benzene rings is 2. The zero-order chi connectivity index (χ0) is 22.3. The first-order chi connectivity index (χ1) is 15.0. The lowest BCUT2D eigenvalue weighted by Crippen LogP contribution is -2.41. The fraction of sp³-hybridized carbons (Fsp3) is 0.500. The van der Waals surface area contributed by atoms with Gasteiger partial charge < -0.3 is 4.74 Å². The van der Waals surface area contributed by atoms with Crippen LogP contribution >= 0.6 is 0 Å². The Balaban J connectivity index is 1.85. The van der Waals surface area contributed by atoms with Crippen molar-refractivity contribution < 1.29 is 9.53 Å².